The van der Waals surface area contributed by atoms with Gasteiger partial charge in [0.1, 0.15) is 5.75 Å². The van der Waals surface area contributed by atoms with Crippen LogP contribution in [0.3, 0.4) is 0 Å². The van der Waals surface area contributed by atoms with Gasteiger partial charge in [-0.05, 0) is 12.1 Å². The van der Waals surface area contributed by atoms with Gasteiger partial charge in [-0.15, -0.1) is 12.4 Å². The van der Waals surface area contributed by atoms with Gasteiger partial charge in [-0.2, -0.15) is 0 Å². The fourth-order valence-corrected chi connectivity index (χ4v) is 0.777. The van der Waals surface area contributed by atoms with Gasteiger partial charge in [0, 0.05) is 13.8 Å². The maximum Gasteiger partial charge on any atom is 0.202 e. The number of hydrogen-bond acceptors (Lipinski definition) is 2. The van der Waals surface area contributed by atoms with Crippen LogP contribution in [0.25, 0.3) is 0 Å². The Morgan fingerprint density at radius 2 is 1.67 bits per heavy atom. The molecule has 1 aromatic carbocycles. The zero-order valence-corrected chi connectivity index (χ0v) is 7.97. The standard InChI is InChI=1S/C9H12O2.ClH/c1-9(2,10)11-8-6-4-3-5-7-8;/h3-7,10H,1-2H3;1H. The Labute approximate surface area is 78.6 Å². The molecular weight excluding hydrogens is 176 g/mol. The summed E-state index contributed by atoms with van der Waals surface area (Å²) < 4.78 is 5.16. The molecule has 0 atom stereocenters. The number of benzene rings is 1. The third kappa shape index (κ3) is 4.21. The molecule has 68 valence electrons. The van der Waals surface area contributed by atoms with Gasteiger partial charge in [0.15, 0.2) is 0 Å². The molecule has 12 heavy (non-hydrogen) atoms. The lowest BCUT2D eigenvalue weighted by Crippen LogP contribution is -2.26. The molecule has 0 aliphatic rings. The first-order chi connectivity index (χ1) is 5.08. The number of para-hydroxylation sites is 1. The van der Waals surface area contributed by atoms with Crippen LogP contribution >= 0.6 is 12.4 Å². The number of rotatable bonds is 2. The lowest BCUT2D eigenvalue weighted by molar-refractivity contribution is -0.104. The topological polar surface area (TPSA) is 29.5 Å². The van der Waals surface area contributed by atoms with Crippen molar-refractivity contribution in [2.24, 2.45) is 0 Å². The second-order valence-corrected chi connectivity index (χ2v) is 2.86. The van der Waals surface area contributed by atoms with E-state index in [1.165, 1.54) is 0 Å². The minimum atomic E-state index is -1.10. The monoisotopic (exact) mass is 188 g/mol. The SMILES string of the molecule is CC(C)(O)Oc1ccccc1.Cl. The summed E-state index contributed by atoms with van der Waals surface area (Å²) in [5.74, 6) is -0.415. The molecule has 0 saturated heterocycles. The number of aliphatic hydroxyl groups is 1. The molecule has 0 unspecified atom stereocenters. The van der Waals surface area contributed by atoms with Crippen LogP contribution in [0.4, 0.5) is 0 Å². The summed E-state index contributed by atoms with van der Waals surface area (Å²) in [6.07, 6.45) is 0. The summed E-state index contributed by atoms with van der Waals surface area (Å²) in [5, 5.41) is 9.25. The molecule has 0 amide bonds. The smallest absolute Gasteiger partial charge is 0.202 e. The molecule has 0 bridgehead atoms. The number of ether oxygens (including phenoxy) is 1. The molecule has 2 nitrogen and oxygen atoms in total. The van der Waals surface area contributed by atoms with Crippen LogP contribution < -0.4 is 4.74 Å². The lowest BCUT2D eigenvalue weighted by atomic mass is 10.3. The minimum Gasteiger partial charge on any atom is -0.463 e. The van der Waals surface area contributed by atoms with Crippen molar-refractivity contribution in [2.45, 2.75) is 19.6 Å². The van der Waals surface area contributed by atoms with Gasteiger partial charge in [0.25, 0.3) is 0 Å². The first-order valence-electron chi connectivity index (χ1n) is 3.54. The first kappa shape index (κ1) is 11.3. The van der Waals surface area contributed by atoms with Crippen molar-refractivity contribution >= 4 is 12.4 Å². The Bertz CT molecular complexity index is 216. The number of halogens is 1. The molecule has 3 heteroatoms. The van der Waals surface area contributed by atoms with E-state index >= 15 is 0 Å². The average Bonchev–Trinajstić information content (AvgIpc) is 1.85. The summed E-state index contributed by atoms with van der Waals surface area (Å²) in [4.78, 5) is 0. The molecule has 0 aliphatic carbocycles. The fraction of sp³-hybridized carbons (Fsp3) is 0.333. The summed E-state index contributed by atoms with van der Waals surface area (Å²) in [5.41, 5.74) is 0. The van der Waals surface area contributed by atoms with Crippen molar-refractivity contribution < 1.29 is 9.84 Å². The Balaban J connectivity index is 0.00000121. The van der Waals surface area contributed by atoms with Gasteiger partial charge >= 0.3 is 0 Å². The molecule has 1 aromatic rings. The van der Waals surface area contributed by atoms with E-state index in [2.05, 4.69) is 0 Å². The van der Waals surface area contributed by atoms with E-state index in [0.717, 1.165) is 0 Å². The number of hydrogen-bond donors (Lipinski definition) is 1. The first-order valence-corrected chi connectivity index (χ1v) is 3.54. The van der Waals surface area contributed by atoms with Crippen LogP contribution in [0.5, 0.6) is 5.75 Å². The zero-order valence-electron chi connectivity index (χ0n) is 7.15. The Kier molecular flexibility index (Phi) is 4.07. The van der Waals surface area contributed by atoms with Crippen molar-refractivity contribution in [1.82, 2.24) is 0 Å². The normalized spacial score (nSPS) is 10.2. The third-order valence-corrected chi connectivity index (χ3v) is 1.11. The Morgan fingerprint density at radius 1 is 1.17 bits per heavy atom. The molecule has 0 spiro atoms. The zero-order chi connectivity index (χ0) is 8.32. The quantitative estimate of drug-likeness (QED) is 0.722. The van der Waals surface area contributed by atoms with Gasteiger partial charge in [-0.3, -0.25) is 0 Å². The fourth-order valence-electron chi connectivity index (χ4n) is 0.777. The van der Waals surface area contributed by atoms with E-state index in [0.29, 0.717) is 5.75 Å². The third-order valence-electron chi connectivity index (χ3n) is 1.11. The van der Waals surface area contributed by atoms with Crippen molar-refractivity contribution in [3.05, 3.63) is 30.3 Å². The highest BCUT2D eigenvalue weighted by Gasteiger charge is 2.12. The molecule has 0 saturated carbocycles. The van der Waals surface area contributed by atoms with Crippen LogP contribution in [0.2, 0.25) is 0 Å². The maximum absolute atomic E-state index is 9.25. The summed E-state index contributed by atoms with van der Waals surface area (Å²) in [7, 11) is 0. The predicted molar refractivity (Wildman–Crippen MR) is 50.6 cm³/mol. The molecule has 0 radical (unpaired) electrons. The van der Waals surface area contributed by atoms with Crippen LogP contribution in [-0.2, 0) is 0 Å². The van der Waals surface area contributed by atoms with E-state index in [4.69, 9.17) is 4.74 Å². The highest BCUT2D eigenvalue weighted by molar-refractivity contribution is 5.85. The van der Waals surface area contributed by atoms with Gasteiger partial charge in [-0.25, -0.2) is 0 Å². The largest absolute Gasteiger partial charge is 0.463 e. The summed E-state index contributed by atoms with van der Waals surface area (Å²) >= 11 is 0. The molecule has 0 aromatic heterocycles. The van der Waals surface area contributed by atoms with Crippen LogP contribution in [-0.4, -0.2) is 10.9 Å². The molecule has 0 fully saturated rings. The minimum absolute atomic E-state index is 0. The van der Waals surface area contributed by atoms with Gasteiger partial charge in [0.2, 0.25) is 5.79 Å². The van der Waals surface area contributed by atoms with E-state index in [1.54, 1.807) is 26.0 Å². The average molecular weight is 189 g/mol. The molecular formula is C9H13ClO2. The van der Waals surface area contributed by atoms with Gasteiger partial charge < -0.3 is 9.84 Å². The molecule has 0 aliphatic heterocycles. The van der Waals surface area contributed by atoms with Crippen LogP contribution in [0, 0.1) is 0 Å². The van der Waals surface area contributed by atoms with Crippen LogP contribution in [0.1, 0.15) is 13.8 Å². The second kappa shape index (κ2) is 4.33. The van der Waals surface area contributed by atoms with E-state index in [9.17, 15) is 5.11 Å². The maximum atomic E-state index is 9.25. The highest BCUT2D eigenvalue weighted by atomic mass is 35.5. The van der Waals surface area contributed by atoms with Gasteiger partial charge in [-0.1, -0.05) is 18.2 Å². The van der Waals surface area contributed by atoms with Gasteiger partial charge in [0.05, 0.1) is 0 Å². The predicted octanol–water partition coefficient (Wildman–Crippen LogP) is 2.22. The Hall–Kier alpha value is -0.730. The van der Waals surface area contributed by atoms with E-state index in [1.807, 2.05) is 18.2 Å². The molecule has 0 heterocycles. The van der Waals surface area contributed by atoms with Crippen molar-refractivity contribution in [3.63, 3.8) is 0 Å². The summed E-state index contributed by atoms with van der Waals surface area (Å²) in [6, 6.07) is 9.23. The van der Waals surface area contributed by atoms with Crippen molar-refractivity contribution in [3.8, 4) is 5.75 Å². The van der Waals surface area contributed by atoms with E-state index < -0.39 is 5.79 Å². The lowest BCUT2D eigenvalue weighted by Gasteiger charge is -2.19. The van der Waals surface area contributed by atoms with Crippen molar-refractivity contribution in [1.29, 1.82) is 0 Å². The van der Waals surface area contributed by atoms with Crippen molar-refractivity contribution in [2.75, 3.05) is 0 Å². The molecule has 1 rings (SSSR count). The van der Waals surface area contributed by atoms with Crippen LogP contribution in [0.15, 0.2) is 30.3 Å². The molecule has 1 N–H and O–H groups in total. The summed E-state index contributed by atoms with van der Waals surface area (Å²) in [6.45, 7) is 3.19. The Morgan fingerprint density at radius 3 is 2.08 bits per heavy atom. The highest BCUT2D eigenvalue weighted by Crippen LogP contribution is 2.14. The second-order valence-electron chi connectivity index (χ2n) is 2.86. The van der Waals surface area contributed by atoms with E-state index in [-0.39, 0.29) is 12.4 Å².